The Balaban J connectivity index is 1.18. The molecule has 54 heavy (non-hydrogen) atoms. The summed E-state index contributed by atoms with van der Waals surface area (Å²) in [5, 5.41) is 4.71. The topological polar surface area (TPSA) is 16.4 Å². The maximum Gasteiger partial charge on any atom is 0.159 e. The molecule has 258 valence electrons. The monoisotopic (exact) mass is 693 g/mol. The minimum absolute atomic E-state index is 0.0701. The van der Waals surface area contributed by atoms with E-state index in [9.17, 15) is 0 Å². The molecule has 0 bridgehead atoms. The molecule has 0 aliphatic heterocycles. The van der Waals surface area contributed by atoms with Crippen LogP contribution in [0.4, 0.5) is 17.1 Å². The number of nitrogens with zero attached hydrogens (tertiary/aromatic N) is 1. The molecule has 1 heterocycles. The summed E-state index contributed by atoms with van der Waals surface area (Å²) in [6.45, 7) is 9.58. The second kappa shape index (κ2) is 11.1. The number of benzene rings is 8. The van der Waals surface area contributed by atoms with Crippen LogP contribution in [0.5, 0.6) is 0 Å². The van der Waals surface area contributed by atoms with Crippen molar-refractivity contribution < 1.29 is 4.42 Å². The summed E-state index contributed by atoms with van der Waals surface area (Å²) in [5.74, 6) is 0. The fourth-order valence-corrected chi connectivity index (χ4v) is 9.75. The van der Waals surface area contributed by atoms with Crippen LogP contribution in [0, 0.1) is 0 Å². The number of hydrogen-bond donors (Lipinski definition) is 0. The third kappa shape index (κ3) is 4.17. The van der Waals surface area contributed by atoms with Crippen molar-refractivity contribution in [1.29, 1.82) is 0 Å². The molecule has 1 aromatic heterocycles. The lowest BCUT2D eigenvalue weighted by Gasteiger charge is -2.29. The van der Waals surface area contributed by atoms with Gasteiger partial charge in [-0.15, -0.1) is 0 Å². The van der Waals surface area contributed by atoms with E-state index in [-0.39, 0.29) is 10.8 Å². The van der Waals surface area contributed by atoms with Gasteiger partial charge in [0.2, 0.25) is 0 Å². The molecule has 2 heteroatoms. The van der Waals surface area contributed by atoms with Crippen LogP contribution >= 0.6 is 0 Å². The smallest absolute Gasteiger partial charge is 0.159 e. The van der Waals surface area contributed by atoms with Crippen molar-refractivity contribution in [3.05, 3.63) is 186 Å². The summed E-state index contributed by atoms with van der Waals surface area (Å²) in [4.78, 5) is 2.42. The fraction of sp³-hybridized carbons (Fsp3) is 0.115. The van der Waals surface area contributed by atoms with Crippen molar-refractivity contribution in [2.45, 2.75) is 38.5 Å². The van der Waals surface area contributed by atoms with Crippen LogP contribution < -0.4 is 4.90 Å². The molecule has 0 fully saturated rings. The van der Waals surface area contributed by atoms with Gasteiger partial charge in [-0.25, -0.2) is 0 Å². The van der Waals surface area contributed by atoms with E-state index in [0.29, 0.717) is 0 Å². The van der Waals surface area contributed by atoms with E-state index in [0.717, 1.165) is 50.1 Å². The summed E-state index contributed by atoms with van der Waals surface area (Å²) in [6.07, 6.45) is 0. The first-order valence-electron chi connectivity index (χ1n) is 19.0. The van der Waals surface area contributed by atoms with Gasteiger partial charge in [-0.3, -0.25) is 0 Å². The third-order valence-electron chi connectivity index (χ3n) is 12.4. The Kier molecular flexibility index (Phi) is 6.39. The van der Waals surface area contributed by atoms with Gasteiger partial charge >= 0.3 is 0 Å². The van der Waals surface area contributed by atoms with Gasteiger partial charge in [0.1, 0.15) is 5.58 Å². The molecule has 9 aromatic rings. The third-order valence-corrected chi connectivity index (χ3v) is 12.4. The van der Waals surface area contributed by atoms with Crippen molar-refractivity contribution >= 4 is 49.8 Å². The number of fused-ring (bicyclic) bond motifs is 11. The summed E-state index contributed by atoms with van der Waals surface area (Å²) in [7, 11) is 0. The van der Waals surface area contributed by atoms with Gasteiger partial charge in [0.25, 0.3) is 0 Å². The van der Waals surface area contributed by atoms with Crippen LogP contribution in [0.25, 0.3) is 66.1 Å². The Labute approximate surface area is 315 Å². The molecular weight excluding hydrogens is 655 g/mol. The summed E-state index contributed by atoms with van der Waals surface area (Å²) in [6, 6.07) is 59.9. The van der Waals surface area contributed by atoms with Crippen LogP contribution in [0.15, 0.2) is 168 Å². The van der Waals surface area contributed by atoms with Gasteiger partial charge in [-0.2, -0.15) is 0 Å². The predicted octanol–water partition coefficient (Wildman–Crippen LogP) is 14.5. The van der Waals surface area contributed by atoms with E-state index in [4.69, 9.17) is 4.42 Å². The van der Waals surface area contributed by atoms with Gasteiger partial charge in [0.15, 0.2) is 5.58 Å². The number of anilines is 3. The minimum atomic E-state index is -0.224. The lowest BCUT2D eigenvalue weighted by atomic mass is 9.79. The van der Waals surface area contributed by atoms with Crippen LogP contribution in [-0.4, -0.2) is 0 Å². The Hall–Kier alpha value is -6.38. The van der Waals surface area contributed by atoms with E-state index >= 15 is 0 Å². The molecule has 2 aliphatic rings. The summed E-state index contributed by atoms with van der Waals surface area (Å²) < 4.78 is 7.04. The Bertz CT molecular complexity index is 2980. The average Bonchev–Trinajstić information content (AvgIpc) is 3.78. The van der Waals surface area contributed by atoms with E-state index in [1.54, 1.807) is 0 Å². The average molecular weight is 694 g/mol. The van der Waals surface area contributed by atoms with Crippen LogP contribution in [0.1, 0.15) is 49.9 Å². The van der Waals surface area contributed by atoms with Crippen LogP contribution in [-0.2, 0) is 10.8 Å². The molecule has 0 atom stereocenters. The van der Waals surface area contributed by atoms with Gasteiger partial charge in [-0.1, -0.05) is 155 Å². The van der Waals surface area contributed by atoms with Crippen molar-refractivity contribution in [3.63, 3.8) is 0 Å². The number of hydrogen-bond acceptors (Lipinski definition) is 2. The molecule has 0 unspecified atom stereocenters. The van der Waals surface area contributed by atoms with Gasteiger partial charge in [0.05, 0.1) is 11.4 Å². The van der Waals surface area contributed by atoms with Crippen molar-refractivity contribution in [3.8, 4) is 33.4 Å². The molecular formula is C52H39NO. The Morgan fingerprint density at radius 1 is 0.389 bits per heavy atom. The lowest BCUT2D eigenvalue weighted by Crippen LogP contribution is -2.18. The minimum Gasteiger partial charge on any atom is -0.453 e. The lowest BCUT2D eigenvalue weighted by molar-refractivity contribution is 0.652. The first-order chi connectivity index (χ1) is 26.3. The van der Waals surface area contributed by atoms with Crippen molar-refractivity contribution in [2.24, 2.45) is 0 Å². The number of furan rings is 1. The quantitative estimate of drug-likeness (QED) is 0.182. The van der Waals surface area contributed by atoms with E-state index in [2.05, 4.69) is 196 Å². The first-order valence-corrected chi connectivity index (χ1v) is 19.0. The fourth-order valence-electron chi connectivity index (χ4n) is 9.75. The molecule has 0 N–H and O–H groups in total. The standard InChI is InChI=1S/C52H39NO/c1-51(2)42-27-14-13-21-35(42)40-29-44-41(30-43(40)51)48-37-23-12-11-22-36(37)47(31-45(48)52(44,3)4)53(33-19-9-6-10-20-33)46-28-16-26-39-38-25-15-24-34(49(38)54-50(39)46)32-17-7-5-8-18-32/h5-31H,1-4H3. The SMILES string of the molecule is CC1(C)c2ccccc2-c2cc3c(cc21)-c1c(cc(N(c2ccccc2)c2cccc4c2oc2c(-c5ccccc5)cccc24)c2ccccc12)C3(C)C. The second-order valence-corrected chi connectivity index (χ2v) is 16.1. The van der Waals surface area contributed by atoms with Gasteiger partial charge in [0, 0.05) is 38.2 Å². The highest BCUT2D eigenvalue weighted by molar-refractivity contribution is 6.16. The Morgan fingerprint density at radius 2 is 0.963 bits per heavy atom. The van der Waals surface area contributed by atoms with Crippen molar-refractivity contribution in [2.75, 3.05) is 4.90 Å². The second-order valence-electron chi connectivity index (χ2n) is 16.1. The normalized spacial score (nSPS) is 14.6. The van der Waals surface area contributed by atoms with E-state index in [1.165, 1.54) is 55.3 Å². The maximum atomic E-state index is 7.04. The zero-order valence-corrected chi connectivity index (χ0v) is 30.9. The molecule has 0 saturated heterocycles. The zero-order chi connectivity index (χ0) is 36.3. The predicted molar refractivity (Wildman–Crippen MR) is 226 cm³/mol. The number of rotatable bonds is 4. The first kappa shape index (κ1) is 31.2. The summed E-state index contributed by atoms with van der Waals surface area (Å²) >= 11 is 0. The van der Waals surface area contributed by atoms with Crippen molar-refractivity contribution in [1.82, 2.24) is 0 Å². The summed E-state index contributed by atoms with van der Waals surface area (Å²) in [5.41, 5.74) is 18.0. The molecule has 2 nitrogen and oxygen atoms in total. The van der Waals surface area contributed by atoms with E-state index in [1.807, 2.05) is 0 Å². The molecule has 0 radical (unpaired) electrons. The van der Waals surface area contributed by atoms with Crippen LogP contribution in [0.2, 0.25) is 0 Å². The largest absolute Gasteiger partial charge is 0.453 e. The molecule has 2 aliphatic carbocycles. The molecule has 11 rings (SSSR count). The highest BCUT2D eigenvalue weighted by Gasteiger charge is 2.43. The maximum absolute atomic E-state index is 7.04. The zero-order valence-electron chi connectivity index (χ0n) is 30.9. The van der Waals surface area contributed by atoms with Crippen LogP contribution in [0.3, 0.4) is 0 Å². The Morgan fingerprint density at radius 3 is 1.76 bits per heavy atom. The highest BCUT2D eigenvalue weighted by Crippen LogP contribution is 2.59. The van der Waals surface area contributed by atoms with Gasteiger partial charge in [-0.05, 0) is 91.9 Å². The van der Waals surface area contributed by atoms with Gasteiger partial charge < -0.3 is 9.32 Å². The molecule has 0 amide bonds. The molecule has 0 saturated carbocycles. The molecule has 0 spiro atoms. The molecule has 8 aromatic carbocycles. The van der Waals surface area contributed by atoms with E-state index < -0.39 is 0 Å². The number of para-hydroxylation sites is 3. The highest BCUT2D eigenvalue weighted by atomic mass is 16.3.